The summed E-state index contributed by atoms with van der Waals surface area (Å²) < 4.78 is 2.31. The first-order valence-electron chi connectivity index (χ1n) is 10.1. The average molecular weight is 404 g/mol. The van der Waals surface area contributed by atoms with Crippen LogP contribution in [-0.4, -0.2) is 4.57 Å². The smallest absolute Gasteiger partial charge is 0.0555 e. The van der Waals surface area contributed by atoms with E-state index in [-0.39, 0.29) is 0 Å². The molecular weight excluding hydrogens is 386 g/mol. The second-order valence-electron chi connectivity index (χ2n) is 7.59. The third-order valence-corrected chi connectivity index (χ3v) is 6.08. The summed E-state index contributed by atoms with van der Waals surface area (Å²) in [4.78, 5) is 0. The van der Waals surface area contributed by atoms with Crippen LogP contribution in [0.2, 0.25) is 5.02 Å². The van der Waals surface area contributed by atoms with Gasteiger partial charge in [-0.25, -0.2) is 0 Å². The Kier molecular flexibility index (Phi) is 3.90. The van der Waals surface area contributed by atoms with Crippen LogP contribution in [0.1, 0.15) is 0 Å². The van der Waals surface area contributed by atoms with E-state index in [1.165, 1.54) is 38.2 Å². The largest absolute Gasteiger partial charge is 0.309 e. The molecule has 0 aliphatic heterocycles. The maximum Gasteiger partial charge on any atom is 0.0555 e. The highest BCUT2D eigenvalue weighted by molar-refractivity contribution is 6.31. The zero-order valence-corrected chi connectivity index (χ0v) is 17.0. The van der Waals surface area contributed by atoms with Crippen molar-refractivity contribution in [1.82, 2.24) is 4.57 Å². The van der Waals surface area contributed by atoms with Crippen LogP contribution < -0.4 is 0 Å². The molecule has 0 aliphatic carbocycles. The highest BCUT2D eigenvalue weighted by Crippen LogP contribution is 2.35. The molecule has 0 bridgehead atoms. The first kappa shape index (κ1) is 17.3. The number of aromatic nitrogens is 1. The number of nitrogens with zero attached hydrogens (tertiary/aromatic N) is 1. The fourth-order valence-corrected chi connectivity index (χ4v) is 4.68. The van der Waals surface area contributed by atoms with Crippen molar-refractivity contribution in [3.63, 3.8) is 0 Å². The molecule has 0 unspecified atom stereocenters. The standard InChI is InChI=1S/C28H18ClN/c29-21-15-16-26-25-12-3-4-14-27(25)30(28(26)18-21)22-10-5-9-20(17-22)24-13-6-8-19-7-1-2-11-23(19)24/h1-18H. The molecule has 0 spiro atoms. The first-order valence-corrected chi connectivity index (χ1v) is 10.4. The van der Waals surface area contributed by atoms with Gasteiger partial charge in [0.05, 0.1) is 11.0 Å². The minimum atomic E-state index is 0.747. The normalized spacial score (nSPS) is 11.5. The lowest BCUT2D eigenvalue weighted by Gasteiger charge is -2.12. The summed E-state index contributed by atoms with van der Waals surface area (Å²) in [5, 5.41) is 5.72. The predicted molar refractivity (Wildman–Crippen MR) is 129 cm³/mol. The first-order chi connectivity index (χ1) is 14.8. The molecule has 1 heterocycles. The van der Waals surface area contributed by atoms with Crippen LogP contribution in [0.5, 0.6) is 0 Å². The quantitative estimate of drug-likeness (QED) is 0.274. The van der Waals surface area contributed by atoms with E-state index in [4.69, 9.17) is 11.6 Å². The summed E-state index contributed by atoms with van der Waals surface area (Å²) in [5.41, 5.74) is 5.89. The maximum atomic E-state index is 6.38. The Morgan fingerprint density at radius 1 is 0.533 bits per heavy atom. The zero-order chi connectivity index (χ0) is 20.1. The van der Waals surface area contributed by atoms with Gasteiger partial charge in [0, 0.05) is 21.5 Å². The third-order valence-electron chi connectivity index (χ3n) is 5.84. The van der Waals surface area contributed by atoms with E-state index in [1.54, 1.807) is 0 Å². The molecule has 1 nitrogen and oxygen atoms in total. The van der Waals surface area contributed by atoms with Gasteiger partial charge in [0.2, 0.25) is 0 Å². The fourth-order valence-electron chi connectivity index (χ4n) is 4.51. The van der Waals surface area contributed by atoms with Crippen LogP contribution in [-0.2, 0) is 0 Å². The van der Waals surface area contributed by atoms with E-state index in [0.29, 0.717) is 0 Å². The molecule has 0 radical (unpaired) electrons. The molecule has 0 saturated heterocycles. The van der Waals surface area contributed by atoms with Gasteiger partial charge in [-0.2, -0.15) is 0 Å². The fraction of sp³-hybridized carbons (Fsp3) is 0. The molecule has 0 amide bonds. The minimum Gasteiger partial charge on any atom is -0.309 e. The molecule has 30 heavy (non-hydrogen) atoms. The number of hydrogen-bond donors (Lipinski definition) is 0. The van der Waals surface area contributed by atoms with Crippen LogP contribution in [0, 0.1) is 0 Å². The van der Waals surface area contributed by atoms with Crippen LogP contribution in [0.15, 0.2) is 109 Å². The van der Waals surface area contributed by atoms with E-state index in [9.17, 15) is 0 Å². The van der Waals surface area contributed by atoms with Crippen LogP contribution >= 0.6 is 11.6 Å². The lowest BCUT2D eigenvalue weighted by atomic mass is 9.98. The highest BCUT2D eigenvalue weighted by atomic mass is 35.5. The Hall–Kier alpha value is -3.55. The molecule has 6 aromatic rings. The maximum absolute atomic E-state index is 6.38. The van der Waals surface area contributed by atoms with Crippen LogP contribution in [0.3, 0.4) is 0 Å². The summed E-state index contributed by atoms with van der Waals surface area (Å²) in [6, 6.07) is 38.5. The Balaban J connectivity index is 1.65. The van der Waals surface area contributed by atoms with Gasteiger partial charge in [-0.1, -0.05) is 90.5 Å². The molecule has 1 aromatic heterocycles. The summed E-state index contributed by atoms with van der Waals surface area (Å²) in [7, 11) is 0. The molecule has 2 heteroatoms. The van der Waals surface area contributed by atoms with Crippen molar-refractivity contribution in [1.29, 1.82) is 0 Å². The Labute approximate surface area is 179 Å². The monoisotopic (exact) mass is 403 g/mol. The van der Waals surface area contributed by atoms with Gasteiger partial charge in [0.15, 0.2) is 0 Å². The third kappa shape index (κ3) is 2.63. The SMILES string of the molecule is Clc1ccc2c3ccccc3n(-c3cccc(-c4cccc5ccccc45)c3)c2c1. The molecule has 6 rings (SSSR count). The van der Waals surface area contributed by atoms with Crippen LogP contribution in [0.4, 0.5) is 0 Å². The number of benzene rings is 5. The summed E-state index contributed by atoms with van der Waals surface area (Å²) >= 11 is 6.38. The van der Waals surface area contributed by atoms with Gasteiger partial charge in [0.1, 0.15) is 0 Å². The Morgan fingerprint density at radius 3 is 2.20 bits per heavy atom. The number of hydrogen-bond acceptors (Lipinski definition) is 0. The Morgan fingerprint density at radius 2 is 1.27 bits per heavy atom. The predicted octanol–water partition coefficient (Wildman–Crippen LogP) is 8.26. The molecule has 142 valence electrons. The molecule has 5 aromatic carbocycles. The lowest BCUT2D eigenvalue weighted by Crippen LogP contribution is -1.94. The van der Waals surface area contributed by atoms with Gasteiger partial charge >= 0.3 is 0 Å². The summed E-state index contributed by atoms with van der Waals surface area (Å²) in [5.74, 6) is 0. The molecule has 0 atom stereocenters. The van der Waals surface area contributed by atoms with Crippen molar-refractivity contribution in [2.45, 2.75) is 0 Å². The van der Waals surface area contributed by atoms with E-state index in [2.05, 4.69) is 108 Å². The molecule has 0 N–H and O–H groups in total. The van der Waals surface area contributed by atoms with Gasteiger partial charge in [-0.3, -0.25) is 0 Å². The topological polar surface area (TPSA) is 4.93 Å². The van der Waals surface area contributed by atoms with Gasteiger partial charge in [-0.05, 0) is 52.2 Å². The Bertz CT molecular complexity index is 1550. The van der Waals surface area contributed by atoms with Gasteiger partial charge in [0.25, 0.3) is 0 Å². The molecule has 0 aliphatic rings. The van der Waals surface area contributed by atoms with E-state index < -0.39 is 0 Å². The van der Waals surface area contributed by atoms with Crippen molar-refractivity contribution >= 4 is 44.2 Å². The van der Waals surface area contributed by atoms with E-state index in [1.807, 2.05) is 6.07 Å². The lowest BCUT2D eigenvalue weighted by molar-refractivity contribution is 1.18. The average Bonchev–Trinajstić information content (AvgIpc) is 3.12. The highest BCUT2D eigenvalue weighted by Gasteiger charge is 2.13. The number of fused-ring (bicyclic) bond motifs is 4. The van der Waals surface area contributed by atoms with Crippen molar-refractivity contribution in [2.75, 3.05) is 0 Å². The minimum absolute atomic E-state index is 0.747. The number of rotatable bonds is 2. The summed E-state index contributed by atoms with van der Waals surface area (Å²) in [6.45, 7) is 0. The molecule has 0 saturated carbocycles. The van der Waals surface area contributed by atoms with Crippen molar-refractivity contribution in [2.24, 2.45) is 0 Å². The second kappa shape index (κ2) is 6.76. The summed E-state index contributed by atoms with van der Waals surface area (Å²) in [6.07, 6.45) is 0. The van der Waals surface area contributed by atoms with E-state index >= 15 is 0 Å². The van der Waals surface area contributed by atoms with Crippen molar-refractivity contribution in [3.05, 3.63) is 114 Å². The number of halogens is 1. The van der Waals surface area contributed by atoms with Gasteiger partial charge < -0.3 is 4.57 Å². The second-order valence-corrected chi connectivity index (χ2v) is 8.03. The van der Waals surface area contributed by atoms with E-state index in [0.717, 1.165) is 16.2 Å². The van der Waals surface area contributed by atoms with Gasteiger partial charge in [-0.15, -0.1) is 0 Å². The van der Waals surface area contributed by atoms with Crippen molar-refractivity contribution in [3.8, 4) is 16.8 Å². The zero-order valence-electron chi connectivity index (χ0n) is 16.2. The van der Waals surface area contributed by atoms with Crippen LogP contribution in [0.25, 0.3) is 49.4 Å². The molecule has 0 fully saturated rings. The number of para-hydroxylation sites is 1. The van der Waals surface area contributed by atoms with Crippen molar-refractivity contribution < 1.29 is 0 Å². The molecular formula is C28H18ClN.